The number of aromatic nitrogens is 2. The summed E-state index contributed by atoms with van der Waals surface area (Å²) in [5.74, 6) is -0.125. The van der Waals surface area contributed by atoms with Crippen LogP contribution in [0.1, 0.15) is 67.3 Å². The number of pyridine rings is 1. The molecule has 0 unspecified atom stereocenters. The van der Waals surface area contributed by atoms with Gasteiger partial charge in [0.1, 0.15) is 22.8 Å². The topological polar surface area (TPSA) is 175 Å². The Morgan fingerprint density at radius 2 is 1.76 bits per heavy atom. The fourth-order valence-corrected chi connectivity index (χ4v) is 11.4. The number of piperazine rings is 1. The van der Waals surface area contributed by atoms with Gasteiger partial charge in [-0.3, -0.25) is 24.7 Å². The number of rotatable bonds is 14. The lowest BCUT2D eigenvalue weighted by Crippen LogP contribution is -2.52. The molecule has 2 aromatic heterocycles. The Balaban J connectivity index is 0.839. The van der Waals surface area contributed by atoms with Gasteiger partial charge < -0.3 is 24.7 Å². The lowest BCUT2D eigenvalue weighted by Gasteiger charge is -2.47. The van der Waals surface area contributed by atoms with Gasteiger partial charge in [0.25, 0.3) is 21.6 Å². The molecule has 5 aromatic rings. The number of carbonyl (C=O) groups is 1. The van der Waals surface area contributed by atoms with E-state index in [4.69, 9.17) is 21.1 Å². The lowest BCUT2D eigenvalue weighted by atomic mass is 9.59. The van der Waals surface area contributed by atoms with Gasteiger partial charge in [-0.1, -0.05) is 35.7 Å². The van der Waals surface area contributed by atoms with Gasteiger partial charge in [0, 0.05) is 73.7 Å². The summed E-state index contributed by atoms with van der Waals surface area (Å²) in [6.45, 7) is 8.00. The summed E-state index contributed by atoms with van der Waals surface area (Å²) in [4.78, 5) is 39.9. The van der Waals surface area contributed by atoms with Gasteiger partial charge >= 0.3 is 0 Å². The zero-order chi connectivity index (χ0) is 45.4. The largest absolute Gasteiger partial charge is 0.455 e. The Kier molecular flexibility index (Phi) is 12.5. The molecule has 3 saturated heterocycles. The molecule has 0 bridgehead atoms. The quantitative estimate of drug-likeness (QED) is 0.0717. The number of amides is 1. The third-order valence-electron chi connectivity index (χ3n) is 14.6. The zero-order valence-corrected chi connectivity index (χ0v) is 38.4. The van der Waals surface area contributed by atoms with E-state index in [0.29, 0.717) is 35.3 Å². The van der Waals surface area contributed by atoms with Gasteiger partial charge in [0.2, 0.25) is 0 Å². The highest BCUT2D eigenvalue weighted by Crippen LogP contribution is 2.55. The maximum absolute atomic E-state index is 14.0. The highest BCUT2D eigenvalue weighted by molar-refractivity contribution is 7.90. The monoisotopic (exact) mass is 934 g/mol. The zero-order valence-electron chi connectivity index (χ0n) is 36.8. The van der Waals surface area contributed by atoms with Crippen molar-refractivity contribution < 1.29 is 27.6 Å². The Bertz CT molecular complexity index is 2760. The van der Waals surface area contributed by atoms with E-state index in [-0.39, 0.29) is 17.0 Å². The molecular weight excluding hydrogens is 880 g/mol. The normalized spacial score (nSPS) is 19.7. The number of aromatic amines is 1. The summed E-state index contributed by atoms with van der Waals surface area (Å²) in [6.07, 6.45) is 12.6. The average molecular weight is 936 g/mol. The number of allylic oxidation sites excluding steroid dienone is 1. The van der Waals surface area contributed by atoms with Crippen LogP contribution in [0.5, 0.6) is 11.5 Å². The molecule has 0 atom stereocenters. The molecule has 66 heavy (non-hydrogen) atoms. The molecule has 4 fully saturated rings. The van der Waals surface area contributed by atoms with Crippen molar-refractivity contribution in [1.29, 1.82) is 0 Å². The van der Waals surface area contributed by atoms with Crippen LogP contribution < -0.4 is 19.7 Å². The Labute approximate surface area is 389 Å². The van der Waals surface area contributed by atoms with Crippen LogP contribution in [-0.4, -0.2) is 111 Å². The maximum atomic E-state index is 14.0. The molecule has 346 valence electrons. The number of hydrogen-bond acceptors (Lipinski definition) is 12. The number of fused-ring (bicyclic) bond motifs is 1. The minimum atomic E-state index is -4.56. The predicted octanol–water partition coefficient (Wildman–Crippen LogP) is 8.49. The van der Waals surface area contributed by atoms with Crippen molar-refractivity contribution in [3.05, 3.63) is 117 Å². The third-order valence-corrected chi connectivity index (χ3v) is 16.2. The number of carbonyl (C=O) groups excluding carboxylic acids is 1. The van der Waals surface area contributed by atoms with E-state index in [1.165, 1.54) is 60.7 Å². The standard InChI is InChI=1S/C49H55ClN8O7S/c50-37-4-2-34(3-5-37)43-27-49(14-1-15-49)16-10-36(43)30-55-20-22-57(23-21-55)38-6-8-42(46(25-38)65-40-24-35-11-17-51-47(35)53-29-40)48(59)54-66(62,63)41-7-9-44(45(26-41)58(60)61)52-28-33-12-18-56(19-13-33)39-31-64-32-39/h2-9,11,17,24-26,29,33,39,52H,1,10,12-16,18-23,27-28,30-32H2,(H,51,53)(H,54,59). The van der Waals surface area contributed by atoms with Gasteiger partial charge in [-0.05, 0) is 129 Å². The van der Waals surface area contributed by atoms with E-state index in [1.54, 1.807) is 30.5 Å². The van der Waals surface area contributed by atoms with Gasteiger partial charge in [-0.15, -0.1) is 0 Å². The highest BCUT2D eigenvalue weighted by Gasteiger charge is 2.41. The van der Waals surface area contributed by atoms with Crippen LogP contribution in [0, 0.1) is 21.4 Å². The highest BCUT2D eigenvalue weighted by atomic mass is 35.5. The first-order valence-corrected chi connectivity index (χ1v) is 24.9. The van der Waals surface area contributed by atoms with Gasteiger partial charge in [-0.25, -0.2) is 18.1 Å². The third kappa shape index (κ3) is 9.52. The number of nitrogens with zero attached hydrogens (tertiary/aromatic N) is 5. The van der Waals surface area contributed by atoms with Crippen LogP contribution in [0.15, 0.2) is 95.7 Å². The van der Waals surface area contributed by atoms with Crippen LogP contribution in [0.4, 0.5) is 17.1 Å². The summed E-state index contributed by atoms with van der Waals surface area (Å²) >= 11 is 6.29. The molecule has 0 radical (unpaired) electrons. The Hall–Kier alpha value is -5.52. The number of ether oxygens (including phenoxy) is 2. The van der Waals surface area contributed by atoms with E-state index >= 15 is 0 Å². The molecule has 5 heterocycles. The van der Waals surface area contributed by atoms with Crippen LogP contribution >= 0.6 is 11.6 Å². The molecule has 17 heteroatoms. The van der Waals surface area contributed by atoms with Crippen molar-refractivity contribution in [2.45, 2.75) is 62.3 Å². The summed E-state index contributed by atoms with van der Waals surface area (Å²) in [6, 6.07) is 21.2. The van der Waals surface area contributed by atoms with Gasteiger partial charge in [-0.2, -0.15) is 0 Å². The first-order valence-electron chi connectivity index (χ1n) is 23.1. The van der Waals surface area contributed by atoms with Crippen molar-refractivity contribution in [3.8, 4) is 11.5 Å². The summed E-state index contributed by atoms with van der Waals surface area (Å²) in [5, 5.41) is 17.0. The fraction of sp³-hybridized carbons (Fsp3) is 0.429. The minimum absolute atomic E-state index is 0.0259. The minimum Gasteiger partial charge on any atom is -0.455 e. The number of halogens is 1. The molecule has 15 nitrogen and oxygen atoms in total. The molecule has 5 aliphatic rings. The SMILES string of the molecule is O=C(NS(=O)(=O)c1ccc(NCC2CCN(C3COC3)CC2)c([N+](=O)[O-])c1)c1ccc(N2CCN(CC3=C(c4ccc(Cl)cc4)CC4(CCC4)CC3)CC2)cc1Oc1cnc2[nH]ccc2c1. The van der Waals surface area contributed by atoms with E-state index < -0.39 is 31.4 Å². The Morgan fingerprint density at radius 1 is 0.970 bits per heavy atom. The van der Waals surface area contributed by atoms with Crippen LogP contribution in [0.25, 0.3) is 16.6 Å². The number of benzene rings is 3. The second-order valence-electron chi connectivity index (χ2n) is 18.7. The van der Waals surface area contributed by atoms with Gasteiger partial charge in [0.05, 0.1) is 40.8 Å². The summed E-state index contributed by atoms with van der Waals surface area (Å²) in [7, 11) is -4.56. The molecule has 3 aliphatic heterocycles. The number of anilines is 2. The van der Waals surface area contributed by atoms with Crippen molar-refractivity contribution in [2.75, 3.05) is 75.8 Å². The maximum Gasteiger partial charge on any atom is 0.293 e. The number of hydrogen-bond donors (Lipinski definition) is 3. The first-order chi connectivity index (χ1) is 32.0. The number of likely N-dealkylation sites (tertiary alicyclic amines) is 1. The van der Waals surface area contributed by atoms with Crippen molar-refractivity contribution in [1.82, 2.24) is 24.5 Å². The summed E-state index contributed by atoms with van der Waals surface area (Å²) in [5.41, 5.74) is 6.01. The van der Waals surface area contributed by atoms with E-state index in [0.717, 1.165) is 107 Å². The Morgan fingerprint density at radius 3 is 2.47 bits per heavy atom. The predicted molar refractivity (Wildman–Crippen MR) is 255 cm³/mol. The lowest BCUT2D eigenvalue weighted by molar-refractivity contribution is -0.384. The molecule has 10 rings (SSSR count). The molecule has 1 spiro atoms. The molecule has 3 N–H and O–H groups in total. The molecule has 3 aromatic carbocycles. The number of nitrogens with one attached hydrogen (secondary N) is 3. The van der Waals surface area contributed by atoms with Crippen LogP contribution in [0.3, 0.4) is 0 Å². The molecular formula is C49H55ClN8O7S. The molecule has 2 aliphatic carbocycles. The van der Waals surface area contributed by atoms with Gasteiger partial charge in [0.15, 0.2) is 0 Å². The van der Waals surface area contributed by atoms with E-state index in [1.807, 2.05) is 18.2 Å². The molecule has 1 saturated carbocycles. The van der Waals surface area contributed by atoms with Crippen LogP contribution in [0.2, 0.25) is 5.02 Å². The smallest absolute Gasteiger partial charge is 0.293 e. The summed E-state index contributed by atoms with van der Waals surface area (Å²) < 4.78 is 41.4. The second-order valence-corrected chi connectivity index (χ2v) is 20.8. The average Bonchev–Trinajstić information content (AvgIpc) is 3.76. The van der Waals surface area contributed by atoms with Crippen molar-refractivity contribution in [2.24, 2.45) is 11.3 Å². The fourth-order valence-electron chi connectivity index (χ4n) is 10.3. The second kappa shape index (κ2) is 18.6. The number of piperidine rings is 1. The van der Waals surface area contributed by atoms with Crippen molar-refractivity contribution >= 4 is 61.2 Å². The van der Waals surface area contributed by atoms with Crippen LogP contribution in [-0.2, 0) is 14.8 Å². The number of nitro groups is 1. The molecule has 1 amide bonds. The number of H-pyrrole nitrogens is 1. The van der Waals surface area contributed by atoms with Crippen molar-refractivity contribution in [3.63, 3.8) is 0 Å². The van der Waals surface area contributed by atoms with E-state index in [2.05, 4.69) is 46.8 Å². The first kappa shape index (κ1) is 44.3. The van der Waals surface area contributed by atoms with E-state index in [9.17, 15) is 23.3 Å². The number of nitro benzene ring substituents is 1. The number of sulfonamides is 1.